The molecule has 0 fully saturated rings. The maximum absolute atomic E-state index is 13.5. The minimum absolute atomic E-state index is 0.0559. The maximum Gasteiger partial charge on any atom is 0.409 e. The molecule has 0 heterocycles. The van der Waals surface area contributed by atoms with Gasteiger partial charge in [-0.3, -0.25) is 0 Å². The Labute approximate surface area is 173 Å². The van der Waals surface area contributed by atoms with Crippen molar-refractivity contribution in [2.75, 3.05) is 6.54 Å². The van der Waals surface area contributed by atoms with Crippen LogP contribution in [0.2, 0.25) is 0 Å². The van der Waals surface area contributed by atoms with E-state index in [9.17, 15) is 75.0 Å². The number of alkyl carbamates (subject to hydrolysis) is 1. The predicted molar refractivity (Wildman–Crippen MR) is 74.9 cm³/mol. The largest absolute Gasteiger partial charge is 0.409 e. The number of hydrogen-bond donors (Lipinski definition) is 1. The number of nitrogens with one attached hydrogen (secondary N) is 1. The molecule has 0 radical (unpaired) electrons. The van der Waals surface area contributed by atoms with Crippen LogP contribution in [0.3, 0.4) is 0 Å². The number of rotatable bonds is 12. The van der Waals surface area contributed by atoms with Crippen LogP contribution in [0.15, 0.2) is 0 Å². The molecule has 0 spiro atoms. The van der Waals surface area contributed by atoms with Crippen LogP contribution in [-0.2, 0) is 4.74 Å². The summed E-state index contributed by atoms with van der Waals surface area (Å²) < 4.78 is 213. The Balaban J connectivity index is 6.18. The number of carbonyl (C=O) groups excluding carboxylic acids is 1. The van der Waals surface area contributed by atoms with Crippen LogP contribution in [0, 0.1) is 0 Å². The molecule has 0 aliphatic carbocycles. The van der Waals surface area contributed by atoms with Gasteiger partial charge in [0.05, 0.1) is 0 Å². The van der Waals surface area contributed by atoms with Crippen LogP contribution in [-0.4, -0.2) is 67.1 Å². The Morgan fingerprint density at radius 3 is 1.48 bits per heavy atom. The van der Waals surface area contributed by atoms with E-state index in [2.05, 4.69) is 4.74 Å². The highest BCUT2D eigenvalue weighted by Crippen LogP contribution is 2.61. The molecule has 0 aromatic carbocycles. The first-order valence-corrected chi connectivity index (χ1v) is 8.26. The normalized spacial score (nSPS) is 16.5. The van der Waals surface area contributed by atoms with E-state index in [1.165, 1.54) is 12.2 Å². The molecule has 3 nitrogen and oxygen atoms in total. The SMILES string of the molecule is CCCCNC(=O)OC(F)C(F)(F)C(F)(F)C(F)(F)C(F)(F)C(F)(F)C(F)(F)C(F)C(F)F. The standard InChI is InChI=1S/C14H13F16NO2/c1-2-3-4-31-8(32)33-7(18)10(21,22)12(25,26)14(29,30)13(27,28)11(23,24)9(19,20)5(15)6(16)17/h5-7H,2-4H2,1H3,(H,31,32). The van der Waals surface area contributed by atoms with Crippen LogP contribution in [0.25, 0.3) is 0 Å². The molecule has 0 aromatic rings. The van der Waals surface area contributed by atoms with Crippen LogP contribution < -0.4 is 5.32 Å². The Bertz CT molecular complexity index is 668. The summed E-state index contributed by atoms with van der Waals surface area (Å²) in [4.78, 5) is 11.0. The second-order valence-corrected chi connectivity index (χ2v) is 6.28. The Kier molecular flexibility index (Phi) is 9.24. The molecule has 0 saturated carbocycles. The molecule has 0 rings (SSSR count). The Hall–Kier alpha value is -1.85. The van der Waals surface area contributed by atoms with Gasteiger partial charge < -0.3 is 10.1 Å². The highest BCUT2D eigenvalue weighted by molar-refractivity contribution is 5.67. The van der Waals surface area contributed by atoms with Gasteiger partial charge >= 0.3 is 48.0 Å². The first-order valence-electron chi connectivity index (χ1n) is 8.26. The van der Waals surface area contributed by atoms with E-state index in [0.29, 0.717) is 6.42 Å². The third-order valence-electron chi connectivity index (χ3n) is 3.88. The molecule has 33 heavy (non-hydrogen) atoms. The summed E-state index contributed by atoms with van der Waals surface area (Å²) in [5.74, 6) is -47.7. The second-order valence-electron chi connectivity index (χ2n) is 6.28. The number of amides is 1. The van der Waals surface area contributed by atoms with Gasteiger partial charge in [0.25, 0.3) is 6.43 Å². The lowest BCUT2D eigenvalue weighted by molar-refractivity contribution is -0.439. The minimum atomic E-state index is -8.39. The maximum atomic E-state index is 13.5. The zero-order chi connectivity index (χ0) is 26.8. The highest BCUT2D eigenvalue weighted by Gasteiger charge is 2.92. The first kappa shape index (κ1) is 31.1. The van der Waals surface area contributed by atoms with Gasteiger partial charge in [-0.05, 0) is 6.42 Å². The van der Waals surface area contributed by atoms with Crippen LogP contribution in [0.4, 0.5) is 75.0 Å². The number of unbranched alkanes of at least 4 members (excludes halogenated alkanes) is 1. The molecule has 0 aliphatic heterocycles. The second kappa shape index (κ2) is 9.79. The zero-order valence-corrected chi connectivity index (χ0v) is 15.7. The van der Waals surface area contributed by atoms with Gasteiger partial charge in [-0.1, -0.05) is 13.3 Å². The van der Waals surface area contributed by atoms with Gasteiger partial charge in [0.1, 0.15) is 0 Å². The molecule has 2 atom stereocenters. The zero-order valence-electron chi connectivity index (χ0n) is 15.7. The quantitative estimate of drug-likeness (QED) is 0.240. The summed E-state index contributed by atoms with van der Waals surface area (Å²) in [6.07, 6.45) is -18.1. The van der Waals surface area contributed by atoms with Gasteiger partial charge in [0, 0.05) is 6.54 Å². The topological polar surface area (TPSA) is 38.3 Å². The van der Waals surface area contributed by atoms with Gasteiger partial charge in [-0.2, -0.15) is 57.1 Å². The summed E-state index contributed by atoms with van der Waals surface area (Å²) in [7, 11) is 0. The van der Waals surface area contributed by atoms with E-state index >= 15 is 0 Å². The van der Waals surface area contributed by atoms with E-state index in [0.717, 1.165) is 0 Å². The summed E-state index contributed by atoms with van der Waals surface area (Å²) in [6.45, 7) is 1.02. The Morgan fingerprint density at radius 2 is 1.12 bits per heavy atom. The van der Waals surface area contributed by atoms with E-state index in [1.54, 1.807) is 0 Å². The van der Waals surface area contributed by atoms with Gasteiger partial charge in [-0.15, -0.1) is 0 Å². The summed E-state index contributed by atoms with van der Waals surface area (Å²) in [6, 6.07) is 0. The molecule has 0 saturated heterocycles. The third kappa shape index (κ3) is 5.14. The molecule has 0 aliphatic rings. The average molecular weight is 531 g/mol. The average Bonchev–Trinajstić information content (AvgIpc) is 2.66. The number of alkyl halides is 16. The van der Waals surface area contributed by atoms with Crippen molar-refractivity contribution in [1.82, 2.24) is 5.32 Å². The number of ether oxygens (including phenoxy) is 1. The third-order valence-corrected chi connectivity index (χ3v) is 3.88. The molecular weight excluding hydrogens is 518 g/mol. The fourth-order valence-corrected chi connectivity index (χ4v) is 1.86. The number of carbonyl (C=O) groups is 1. The Morgan fingerprint density at radius 1 is 0.727 bits per heavy atom. The number of hydrogen-bond acceptors (Lipinski definition) is 2. The summed E-state index contributed by atoms with van der Waals surface area (Å²) in [5, 5.41) is 1.43. The van der Waals surface area contributed by atoms with Crippen molar-refractivity contribution in [2.45, 2.75) is 74.3 Å². The first-order chi connectivity index (χ1) is 14.5. The highest BCUT2D eigenvalue weighted by atomic mass is 19.4. The fourth-order valence-electron chi connectivity index (χ4n) is 1.86. The van der Waals surface area contributed by atoms with Crippen LogP contribution >= 0.6 is 0 Å². The van der Waals surface area contributed by atoms with Crippen molar-refractivity contribution in [1.29, 1.82) is 0 Å². The van der Waals surface area contributed by atoms with Crippen molar-refractivity contribution in [3.63, 3.8) is 0 Å². The smallest absolute Gasteiger partial charge is 0.408 e. The minimum Gasteiger partial charge on any atom is -0.408 e. The van der Waals surface area contributed by atoms with Gasteiger partial charge in [-0.25, -0.2) is 18.0 Å². The lowest BCUT2D eigenvalue weighted by Gasteiger charge is -2.41. The molecule has 0 bridgehead atoms. The van der Waals surface area contributed by atoms with Crippen molar-refractivity contribution in [3.05, 3.63) is 0 Å². The monoisotopic (exact) mass is 531 g/mol. The lowest BCUT2D eigenvalue weighted by atomic mass is 9.90. The van der Waals surface area contributed by atoms with Crippen molar-refractivity contribution < 1.29 is 79.8 Å². The fraction of sp³-hybridized carbons (Fsp3) is 0.929. The van der Waals surface area contributed by atoms with Crippen molar-refractivity contribution in [2.24, 2.45) is 0 Å². The lowest BCUT2D eigenvalue weighted by Crippen LogP contribution is -2.73. The molecule has 0 aromatic heterocycles. The summed E-state index contributed by atoms with van der Waals surface area (Å²) >= 11 is 0. The number of halogens is 16. The van der Waals surface area contributed by atoms with Crippen molar-refractivity contribution >= 4 is 6.09 Å². The van der Waals surface area contributed by atoms with Gasteiger partial charge in [0.2, 0.25) is 6.17 Å². The van der Waals surface area contributed by atoms with E-state index in [1.807, 2.05) is 0 Å². The molecule has 1 N–H and O–H groups in total. The predicted octanol–water partition coefficient (Wildman–Crippen LogP) is 6.22. The molecule has 198 valence electrons. The van der Waals surface area contributed by atoms with Crippen LogP contribution in [0.1, 0.15) is 19.8 Å². The van der Waals surface area contributed by atoms with Crippen molar-refractivity contribution in [3.8, 4) is 0 Å². The molecule has 19 heteroatoms. The van der Waals surface area contributed by atoms with Crippen LogP contribution in [0.5, 0.6) is 0 Å². The van der Waals surface area contributed by atoms with E-state index in [-0.39, 0.29) is 6.42 Å². The summed E-state index contributed by atoms with van der Waals surface area (Å²) in [5.41, 5.74) is 0. The van der Waals surface area contributed by atoms with E-state index < -0.39 is 67.1 Å². The molecule has 1 amide bonds. The van der Waals surface area contributed by atoms with Gasteiger partial charge in [0.15, 0.2) is 0 Å². The molecule has 2 unspecified atom stereocenters. The molecular formula is C14H13F16NO2. The van der Waals surface area contributed by atoms with E-state index in [4.69, 9.17) is 0 Å².